The molecule has 0 radical (unpaired) electrons. The van der Waals surface area contributed by atoms with E-state index in [4.69, 9.17) is 9.84 Å². The first-order valence-electron chi connectivity index (χ1n) is 6.38. The monoisotopic (exact) mass is 313 g/mol. The van der Waals surface area contributed by atoms with Gasteiger partial charge in [0.15, 0.2) is 9.84 Å². The van der Waals surface area contributed by atoms with Gasteiger partial charge in [0.2, 0.25) is 5.91 Å². The van der Waals surface area contributed by atoms with E-state index >= 15 is 0 Å². The molecule has 116 valence electrons. The Bertz CT molecular complexity index is 562. The normalized spacial score (nSPS) is 13.2. The molecule has 0 aliphatic rings. The third kappa shape index (κ3) is 6.07. The number of hydrogen-bond donors (Lipinski definition) is 2. The number of nitrogens with one attached hydrogen (secondary N) is 1. The van der Waals surface area contributed by atoms with Crippen molar-refractivity contribution >= 4 is 15.7 Å². The average Bonchev–Trinajstić information content (AvgIpc) is 2.47. The SMILES string of the molecule is COCC(CCO)NC(=O)/C=C/S(=O)(=O)c1ccccc1. The highest BCUT2D eigenvalue weighted by molar-refractivity contribution is 7.94. The van der Waals surface area contributed by atoms with Crippen LogP contribution in [0.25, 0.3) is 0 Å². The maximum absolute atomic E-state index is 11.9. The van der Waals surface area contributed by atoms with E-state index in [1.54, 1.807) is 18.2 Å². The van der Waals surface area contributed by atoms with Crippen LogP contribution in [0.5, 0.6) is 0 Å². The number of carbonyl (C=O) groups is 1. The second-order valence-electron chi connectivity index (χ2n) is 4.33. The van der Waals surface area contributed by atoms with Gasteiger partial charge in [-0.1, -0.05) is 18.2 Å². The maximum atomic E-state index is 11.9. The zero-order chi connectivity index (χ0) is 15.7. The van der Waals surface area contributed by atoms with E-state index in [0.29, 0.717) is 6.42 Å². The highest BCUT2D eigenvalue weighted by atomic mass is 32.2. The lowest BCUT2D eigenvalue weighted by Crippen LogP contribution is -2.37. The van der Waals surface area contributed by atoms with Crippen molar-refractivity contribution < 1.29 is 23.1 Å². The summed E-state index contributed by atoms with van der Waals surface area (Å²) in [5.74, 6) is -0.551. The summed E-state index contributed by atoms with van der Waals surface area (Å²) < 4.78 is 28.8. The van der Waals surface area contributed by atoms with Gasteiger partial charge in [-0.05, 0) is 18.6 Å². The van der Waals surface area contributed by atoms with Crippen LogP contribution >= 0.6 is 0 Å². The standard InChI is InChI=1S/C14H19NO5S/c1-20-11-12(7-9-16)15-14(17)8-10-21(18,19)13-5-3-2-4-6-13/h2-6,8,10,12,16H,7,9,11H2,1H3,(H,15,17)/b10-8+. The summed E-state index contributed by atoms with van der Waals surface area (Å²) in [6.45, 7) is 0.145. The van der Waals surface area contributed by atoms with Crippen LogP contribution in [0.1, 0.15) is 6.42 Å². The Balaban J connectivity index is 2.69. The molecule has 0 aliphatic heterocycles. The van der Waals surface area contributed by atoms with Crippen molar-refractivity contribution in [3.63, 3.8) is 0 Å². The molecule has 1 rings (SSSR count). The van der Waals surface area contributed by atoms with Gasteiger partial charge in [0.05, 0.1) is 17.5 Å². The van der Waals surface area contributed by atoms with Crippen LogP contribution in [0.2, 0.25) is 0 Å². The summed E-state index contributed by atoms with van der Waals surface area (Å²) in [4.78, 5) is 11.8. The fraction of sp³-hybridized carbons (Fsp3) is 0.357. The first-order valence-corrected chi connectivity index (χ1v) is 7.92. The molecule has 1 unspecified atom stereocenters. The van der Waals surface area contributed by atoms with Gasteiger partial charge >= 0.3 is 0 Å². The van der Waals surface area contributed by atoms with Crippen LogP contribution in [0.4, 0.5) is 0 Å². The number of hydrogen-bond acceptors (Lipinski definition) is 5. The van der Waals surface area contributed by atoms with E-state index in [-0.39, 0.29) is 24.2 Å². The van der Waals surface area contributed by atoms with Crippen molar-refractivity contribution in [2.45, 2.75) is 17.4 Å². The van der Waals surface area contributed by atoms with Gasteiger partial charge in [-0.2, -0.15) is 0 Å². The third-order valence-corrected chi connectivity index (χ3v) is 4.09. The molecule has 21 heavy (non-hydrogen) atoms. The minimum Gasteiger partial charge on any atom is -0.396 e. The Hall–Kier alpha value is -1.70. The molecule has 1 aromatic carbocycles. The Labute approximate surface area is 124 Å². The van der Waals surface area contributed by atoms with E-state index in [1.807, 2.05) is 0 Å². The van der Waals surface area contributed by atoms with Crippen molar-refractivity contribution in [1.29, 1.82) is 0 Å². The summed E-state index contributed by atoms with van der Waals surface area (Å²) in [6, 6.07) is 7.47. The molecule has 2 N–H and O–H groups in total. The fourth-order valence-electron chi connectivity index (χ4n) is 1.64. The number of rotatable bonds is 8. The molecule has 0 spiro atoms. The van der Waals surface area contributed by atoms with Crippen LogP contribution in [0.15, 0.2) is 46.7 Å². The lowest BCUT2D eigenvalue weighted by Gasteiger charge is -2.15. The number of benzene rings is 1. The van der Waals surface area contributed by atoms with Crippen LogP contribution in [-0.4, -0.2) is 45.8 Å². The topological polar surface area (TPSA) is 92.7 Å². The molecule has 1 atom stereocenters. The molecule has 0 fully saturated rings. The number of sulfone groups is 1. The summed E-state index contributed by atoms with van der Waals surface area (Å²) in [6.07, 6.45) is 1.29. The van der Waals surface area contributed by atoms with Gasteiger partial charge in [0, 0.05) is 25.2 Å². The van der Waals surface area contributed by atoms with Crippen molar-refractivity contribution in [3.8, 4) is 0 Å². The number of aliphatic hydroxyl groups is 1. The Morgan fingerprint density at radius 2 is 2.05 bits per heavy atom. The molecule has 7 heteroatoms. The zero-order valence-corrected chi connectivity index (χ0v) is 12.5. The average molecular weight is 313 g/mol. The number of methoxy groups -OCH3 is 1. The predicted molar refractivity (Wildman–Crippen MR) is 78.3 cm³/mol. The van der Waals surface area contributed by atoms with E-state index < -0.39 is 15.7 Å². The van der Waals surface area contributed by atoms with E-state index in [1.165, 1.54) is 19.2 Å². The summed E-state index contributed by atoms with van der Waals surface area (Å²) in [5.41, 5.74) is 0. The second-order valence-corrected chi connectivity index (χ2v) is 6.17. The molecule has 0 saturated carbocycles. The van der Waals surface area contributed by atoms with E-state index in [2.05, 4.69) is 5.32 Å². The Morgan fingerprint density at radius 3 is 2.62 bits per heavy atom. The Morgan fingerprint density at radius 1 is 1.38 bits per heavy atom. The number of ether oxygens (including phenoxy) is 1. The smallest absolute Gasteiger partial charge is 0.244 e. The highest BCUT2D eigenvalue weighted by Crippen LogP contribution is 2.10. The van der Waals surface area contributed by atoms with Gasteiger partial charge < -0.3 is 15.2 Å². The number of amides is 1. The lowest BCUT2D eigenvalue weighted by molar-refractivity contribution is -0.117. The van der Waals surface area contributed by atoms with Crippen LogP contribution < -0.4 is 5.32 Å². The molecule has 0 aromatic heterocycles. The molecule has 6 nitrogen and oxygen atoms in total. The minimum atomic E-state index is -3.64. The summed E-state index contributed by atoms with van der Waals surface area (Å²) in [7, 11) is -2.16. The number of aliphatic hydroxyl groups excluding tert-OH is 1. The second kappa shape index (κ2) is 8.56. The zero-order valence-electron chi connectivity index (χ0n) is 11.7. The van der Waals surface area contributed by atoms with Crippen LogP contribution in [0.3, 0.4) is 0 Å². The largest absolute Gasteiger partial charge is 0.396 e. The first kappa shape index (κ1) is 17.4. The van der Waals surface area contributed by atoms with Crippen molar-refractivity contribution in [3.05, 3.63) is 41.8 Å². The predicted octanol–water partition coefficient (Wildman–Crippen LogP) is 0.488. The van der Waals surface area contributed by atoms with E-state index in [9.17, 15) is 13.2 Å². The summed E-state index contributed by atoms with van der Waals surface area (Å²) >= 11 is 0. The molecular weight excluding hydrogens is 294 g/mol. The molecule has 0 saturated heterocycles. The van der Waals surface area contributed by atoms with Crippen molar-refractivity contribution in [2.24, 2.45) is 0 Å². The summed E-state index contributed by atoms with van der Waals surface area (Å²) in [5, 5.41) is 12.3. The highest BCUT2D eigenvalue weighted by Gasteiger charge is 2.12. The van der Waals surface area contributed by atoms with Gasteiger partial charge in [-0.15, -0.1) is 0 Å². The Kier molecular flexibility index (Phi) is 7.07. The molecule has 1 aromatic rings. The van der Waals surface area contributed by atoms with Gasteiger partial charge in [0.1, 0.15) is 0 Å². The van der Waals surface area contributed by atoms with Gasteiger partial charge in [-0.25, -0.2) is 8.42 Å². The maximum Gasteiger partial charge on any atom is 0.244 e. The minimum absolute atomic E-state index is 0.0969. The molecule has 0 aliphatic carbocycles. The fourth-order valence-corrected chi connectivity index (χ4v) is 2.64. The molecule has 0 heterocycles. The van der Waals surface area contributed by atoms with Crippen molar-refractivity contribution in [2.75, 3.05) is 20.3 Å². The third-order valence-electron chi connectivity index (χ3n) is 2.66. The lowest BCUT2D eigenvalue weighted by atomic mass is 10.2. The molecule has 0 bridgehead atoms. The number of carbonyl (C=O) groups excluding carboxylic acids is 1. The molecule has 1 amide bonds. The quantitative estimate of drug-likeness (QED) is 0.681. The van der Waals surface area contributed by atoms with Crippen molar-refractivity contribution in [1.82, 2.24) is 5.32 Å². The first-order chi connectivity index (χ1) is 9.99. The molecular formula is C14H19NO5S. The van der Waals surface area contributed by atoms with Gasteiger partial charge in [0.25, 0.3) is 0 Å². The van der Waals surface area contributed by atoms with Crippen LogP contribution in [-0.2, 0) is 19.4 Å². The van der Waals surface area contributed by atoms with E-state index in [0.717, 1.165) is 11.5 Å². The van der Waals surface area contributed by atoms with Crippen LogP contribution in [0, 0.1) is 0 Å². The van der Waals surface area contributed by atoms with Gasteiger partial charge in [-0.3, -0.25) is 4.79 Å².